The van der Waals surface area contributed by atoms with E-state index in [9.17, 15) is 9.59 Å². The minimum absolute atomic E-state index is 0.117. The van der Waals surface area contributed by atoms with Crippen LogP contribution in [0.1, 0.15) is 40.0 Å². The van der Waals surface area contributed by atoms with Crippen LogP contribution in [0.5, 0.6) is 0 Å². The average molecular weight is 384 g/mol. The summed E-state index contributed by atoms with van der Waals surface area (Å²) in [6.07, 6.45) is 7.46. The summed E-state index contributed by atoms with van der Waals surface area (Å²) in [5, 5.41) is 0. The molecule has 1 fully saturated rings. The number of likely N-dealkylation sites (tertiary alicyclic amines) is 1. The van der Waals surface area contributed by atoms with Gasteiger partial charge in [-0.2, -0.15) is 0 Å². The molecular weight excluding hydrogens is 362 g/mol. The van der Waals surface area contributed by atoms with Gasteiger partial charge in [-0.3, -0.25) is 0 Å². The summed E-state index contributed by atoms with van der Waals surface area (Å²) in [6, 6.07) is -0.181. The van der Waals surface area contributed by atoms with E-state index >= 15 is 0 Å². The number of allylic oxidation sites excluding steroid dienone is 1. The topological polar surface area (TPSA) is 55.8 Å². The normalized spacial score (nSPS) is 33.3. The standard InChI is InChI=1S/C17H22BrNO4/c1-16(2,3)23-15(21)19-8-4-5-13(19)17-10-12(18)7-6-11(17)9-14(20)22-17/h6-7,9,12-13H,4-5,8,10H2,1-3H3/t12?,13-,17+/m1/s1. The summed E-state index contributed by atoms with van der Waals surface area (Å²) in [5.41, 5.74) is -0.441. The van der Waals surface area contributed by atoms with Crippen LogP contribution in [-0.2, 0) is 14.3 Å². The van der Waals surface area contributed by atoms with Gasteiger partial charge in [0.2, 0.25) is 0 Å². The molecule has 3 atom stereocenters. The lowest BCUT2D eigenvalue weighted by molar-refractivity contribution is -0.151. The number of rotatable bonds is 1. The van der Waals surface area contributed by atoms with Crippen LogP contribution < -0.4 is 0 Å². The van der Waals surface area contributed by atoms with Gasteiger partial charge in [0.15, 0.2) is 5.60 Å². The van der Waals surface area contributed by atoms with Gasteiger partial charge in [0.05, 0.1) is 6.04 Å². The molecule has 0 aromatic carbocycles. The highest BCUT2D eigenvalue weighted by atomic mass is 79.9. The third-order valence-electron chi connectivity index (χ3n) is 4.45. The zero-order valence-corrected chi connectivity index (χ0v) is 15.3. The summed E-state index contributed by atoms with van der Waals surface area (Å²) >= 11 is 3.59. The fourth-order valence-electron chi connectivity index (χ4n) is 3.62. The van der Waals surface area contributed by atoms with E-state index in [-0.39, 0.29) is 22.9 Å². The van der Waals surface area contributed by atoms with Crippen LogP contribution in [-0.4, -0.2) is 45.6 Å². The average Bonchev–Trinajstić information content (AvgIpc) is 3.00. The molecule has 3 rings (SSSR count). The number of amides is 1. The van der Waals surface area contributed by atoms with Gasteiger partial charge in [-0.15, -0.1) is 0 Å². The van der Waals surface area contributed by atoms with E-state index in [0.717, 1.165) is 18.4 Å². The quantitative estimate of drug-likeness (QED) is 0.514. The fraction of sp³-hybridized carbons (Fsp3) is 0.647. The van der Waals surface area contributed by atoms with E-state index in [1.165, 1.54) is 0 Å². The smallest absolute Gasteiger partial charge is 0.410 e. The zero-order valence-electron chi connectivity index (χ0n) is 13.7. The molecule has 1 amide bonds. The van der Waals surface area contributed by atoms with Crippen LogP contribution in [0.4, 0.5) is 4.79 Å². The van der Waals surface area contributed by atoms with E-state index in [1.807, 2.05) is 32.9 Å². The van der Waals surface area contributed by atoms with E-state index in [4.69, 9.17) is 9.47 Å². The van der Waals surface area contributed by atoms with E-state index in [2.05, 4.69) is 15.9 Å². The lowest BCUT2D eigenvalue weighted by atomic mass is 9.78. The van der Waals surface area contributed by atoms with Crippen LogP contribution in [0.15, 0.2) is 23.8 Å². The monoisotopic (exact) mass is 383 g/mol. The van der Waals surface area contributed by atoms with Gasteiger partial charge < -0.3 is 14.4 Å². The van der Waals surface area contributed by atoms with Crippen LogP contribution in [0.2, 0.25) is 0 Å². The molecule has 2 aliphatic heterocycles. The van der Waals surface area contributed by atoms with E-state index < -0.39 is 11.2 Å². The highest BCUT2D eigenvalue weighted by Crippen LogP contribution is 2.46. The molecule has 23 heavy (non-hydrogen) atoms. The molecule has 5 nitrogen and oxygen atoms in total. The summed E-state index contributed by atoms with van der Waals surface area (Å²) in [4.78, 5) is 26.3. The molecule has 6 heteroatoms. The molecule has 1 unspecified atom stereocenters. The molecule has 0 aromatic rings. The van der Waals surface area contributed by atoms with Crippen molar-refractivity contribution in [2.24, 2.45) is 0 Å². The lowest BCUT2D eigenvalue weighted by Crippen LogP contribution is -2.55. The molecular formula is C17H22BrNO4. The van der Waals surface area contributed by atoms with Crippen molar-refractivity contribution >= 4 is 28.0 Å². The maximum atomic E-state index is 12.6. The molecule has 126 valence electrons. The summed E-state index contributed by atoms with van der Waals surface area (Å²) in [7, 11) is 0. The number of nitrogens with zero attached hydrogens (tertiary/aromatic N) is 1. The van der Waals surface area contributed by atoms with Gasteiger partial charge in [-0.1, -0.05) is 28.1 Å². The van der Waals surface area contributed by atoms with Crippen molar-refractivity contribution in [1.82, 2.24) is 4.90 Å². The number of halogens is 1. The first-order valence-corrected chi connectivity index (χ1v) is 8.90. The Morgan fingerprint density at radius 3 is 2.91 bits per heavy atom. The van der Waals surface area contributed by atoms with Crippen LogP contribution >= 0.6 is 15.9 Å². The van der Waals surface area contributed by atoms with Crippen molar-refractivity contribution in [2.75, 3.05) is 6.54 Å². The third kappa shape index (κ3) is 3.05. The van der Waals surface area contributed by atoms with Crippen molar-refractivity contribution < 1.29 is 19.1 Å². The Morgan fingerprint density at radius 2 is 2.22 bits per heavy atom. The molecule has 1 aliphatic carbocycles. The minimum Gasteiger partial charge on any atom is -0.449 e. The predicted octanol–water partition coefficient (Wildman–Crippen LogP) is 3.33. The number of hydrogen-bond acceptors (Lipinski definition) is 4. The van der Waals surface area contributed by atoms with Gasteiger partial charge in [0.25, 0.3) is 0 Å². The molecule has 0 saturated carbocycles. The zero-order chi connectivity index (χ0) is 16.8. The molecule has 1 saturated heterocycles. The van der Waals surface area contributed by atoms with Crippen molar-refractivity contribution in [3.8, 4) is 0 Å². The Balaban J connectivity index is 1.90. The number of carbonyl (C=O) groups is 2. The number of hydrogen-bond donors (Lipinski definition) is 0. The largest absolute Gasteiger partial charge is 0.449 e. The maximum absolute atomic E-state index is 12.6. The van der Waals surface area contributed by atoms with E-state index in [0.29, 0.717) is 13.0 Å². The van der Waals surface area contributed by atoms with Gasteiger partial charge >= 0.3 is 12.1 Å². The first-order chi connectivity index (χ1) is 10.7. The Morgan fingerprint density at radius 1 is 1.48 bits per heavy atom. The van der Waals surface area contributed by atoms with Crippen molar-refractivity contribution in [3.05, 3.63) is 23.8 Å². The second-order valence-electron chi connectivity index (χ2n) is 7.32. The van der Waals surface area contributed by atoms with E-state index in [1.54, 1.807) is 11.0 Å². The van der Waals surface area contributed by atoms with Gasteiger partial charge in [-0.05, 0) is 33.6 Å². The van der Waals surface area contributed by atoms with Crippen molar-refractivity contribution in [2.45, 2.75) is 62.1 Å². The molecule has 0 bridgehead atoms. The second kappa shape index (κ2) is 5.65. The Kier molecular flexibility index (Phi) is 4.07. The van der Waals surface area contributed by atoms with Crippen LogP contribution in [0.25, 0.3) is 0 Å². The summed E-state index contributed by atoms with van der Waals surface area (Å²) in [6.45, 7) is 6.19. The van der Waals surface area contributed by atoms with Crippen molar-refractivity contribution in [3.63, 3.8) is 0 Å². The summed E-state index contributed by atoms with van der Waals surface area (Å²) in [5.74, 6) is -0.331. The Bertz CT molecular complexity index is 592. The molecule has 0 spiro atoms. The number of alkyl halides is 1. The number of carbonyl (C=O) groups excluding carboxylic acids is 2. The van der Waals surface area contributed by atoms with Gasteiger partial charge in [-0.25, -0.2) is 9.59 Å². The number of esters is 1. The molecule has 0 N–H and O–H groups in total. The molecule has 2 heterocycles. The number of ether oxygens (including phenoxy) is 2. The first-order valence-electron chi connectivity index (χ1n) is 7.98. The fourth-order valence-corrected chi connectivity index (χ4v) is 4.25. The Labute approximate surface area is 144 Å². The lowest BCUT2D eigenvalue weighted by Gasteiger charge is -2.42. The van der Waals surface area contributed by atoms with Gasteiger partial charge in [0.1, 0.15) is 5.60 Å². The second-order valence-corrected chi connectivity index (χ2v) is 8.50. The predicted molar refractivity (Wildman–Crippen MR) is 89.3 cm³/mol. The number of fused-ring (bicyclic) bond motifs is 1. The molecule has 0 radical (unpaired) electrons. The highest BCUT2D eigenvalue weighted by Gasteiger charge is 2.55. The van der Waals surface area contributed by atoms with Crippen LogP contribution in [0.3, 0.4) is 0 Å². The Hall–Kier alpha value is -1.30. The molecule has 3 aliphatic rings. The molecule has 0 aromatic heterocycles. The maximum Gasteiger partial charge on any atom is 0.410 e. The third-order valence-corrected chi connectivity index (χ3v) is 5.08. The minimum atomic E-state index is -0.757. The summed E-state index contributed by atoms with van der Waals surface area (Å²) < 4.78 is 11.3. The van der Waals surface area contributed by atoms with Crippen molar-refractivity contribution in [1.29, 1.82) is 0 Å². The highest BCUT2D eigenvalue weighted by molar-refractivity contribution is 9.09. The van der Waals surface area contributed by atoms with Crippen LogP contribution in [0, 0.1) is 0 Å². The van der Waals surface area contributed by atoms with Gasteiger partial charge in [0, 0.05) is 29.4 Å². The first kappa shape index (κ1) is 16.6. The SMILES string of the molecule is CC(C)(C)OC(=O)N1CCC[C@@H]1[C@]12CC(Br)C=CC1=CC(=O)O2.